The highest BCUT2D eigenvalue weighted by Crippen LogP contribution is 2.24. The Balaban J connectivity index is 1.31. The fourth-order valence-electron chi connectivity index (χ4n) is 4.78. The lowest BCUT2D eigenvalue weighted by Gasteiger charge is -2.31. The van der Waals surface area contributed by atoms with Crippen molar-refractivity contribution in [3.63, 3.8) is 0 Å². The van der Waals surface area contributed by atoms with E-state index < -0.39 is 0 Å². The average molecular weight is 454 g/mol. The molecule has 0 unspecified atom stereocenters. The third-order valence-corrected chi connectivity index (χ3v) is 6.86. The van der Waals surface area contributed by atoms with E-state index in [-0.39, 0.29) is 23.8 Å². The molecule has 0 radical (unpaired) electrons. The summed E-state index contributed by atoms with van der Waals surface area (Å²) in [7, 11) is 0. The van der Waals surface area contributed by atoms with Crippen LogP contribution in [0, 0.1) is 5.92 Å². The fraction of sp³-hybridized carbons (Fsp3) is 0.462. The molecule has 1 heterocycles. The molecule has 170 valence electrons. The number of carbonyl (C=O) groups excluding carboxylic acids is 2. The van der Waals surface area contributed by atoms with Gasteiger partial charge in [0.2, 0.25) is 5.91 Å². The number of likely N-dealkylation sites (tertiary alicyclic amines) is 1. The standard InChI is InChI=1S/C26H32ClN3O2/c27-21-8-6-7-19(17-21)18-30-15-13-20(14-16-30)25(31)29-24-12-5-4-11-23(24)26(32)28-22-9-2-1-3-10-22/h4-8,11-12,17,20,22H,1-3,9-10,13-16,18H2,(H,28,32)(H,29,31). The van der Waals surface area contributed by atoms with Crippen LogP contribution in [0.15, 0.2) is 48.5 Å². The van der Waals surface area contributed by atoms with Crippen molar-refractivity contribution in [3.05, 3.63) is 64.7 Å². The summed E-state index contributed by atoms with van der Waals surface area (Å²) < 4.78 is 0. The third-order valence-electron chi connectivity index (χ3n) is 6.62. The van der Waals surface area contributed by atoms with Crippen LogP contribution in [0.4, 0.5) is 5.69 Å². The lowest BCUT2D eigenvalue weighted by atomic mass is 9.94. The van der Waals surface area contributed by atoms with Gasteiger partial charge in [0.25, 0.3) is 5.91 Å². The van der Waals surface area contributed by atoms with E-state index in [4.69, 9.17) is 11.6 Å². The largest absolute Gasteiger partial charge is 0.349 e. The maximum atomic E-state index is 13.0. The first-order chi connectivity index (χ1) is 15.6. The molecule has 4 rings (SSSR count). The number of hydrogen-bond donors (Lipinski definition) is 2. The van der Waals surface area contributed by atoms with E-state index in [9.17, 15) is 9.59 Å². The van der Waals surface area contributed by atoms with Crippen molar-refractivity contribution in [2.24, 2.45) is 5.92 Å². The Kier molecular flexibility index (Phi) is 7.82. The van der Waals surface area contributed by atoms with Gasteiger partial charge < -0.3 is 10.6 Å². The van der Waals surface area contributed by atoms with Gasteiger partial charge in [-0.15, -0.1) is 0 Å². The molecule has 0 aromatic heterocycles. The number of nitrogens with zero attached hydrogens (tertiary/aromatic N) is 1. The Morgan fingerprint density at radius 3 is 2.44 bits per heavy atom. The maximum absolute atomic E-state index is 13.0. The van der Waals surface area contributed by atoms with E-state index in [0.717, 1.165) is 50.3 Å². The van der Waals surface area contributed by atoms with E-state index in [2.05, 4.69) is 21.6 Å². The van der Waals surface area contributed by atoms with Gasteiger partial charge in [-0.2, -0.15) is 0 Å². The molecule has 2 amide bonds. The molecule has 0 atom stereocenters. The lowest BCUT2D eigenvalue weighted by Crippen LogP contribution is -2.38. The van der Waals surface area contributed by atoms with Gasteiger partial charge in [0.05, 0.1) is 11.3 Å². The summed E-state index contributed by atoms with van der Waals surface area (Å²) in [5.74, 6) is -0.130. The van der Waals surface area contributed by atoms with Gasteiger partial charge >= 0.3 is 0 Å². The topological polar surface area (TPSA) is 61.4 Å². The lowest BCUT2D eigenvalue weighted by molar-refractivity contribution is -0.121. The molecule has 6 heteroatoms. The predicted octanol–water partition coefficient (Wildman–Crippen LogP) is 5.25. The van der Waals surface area contributed by atoms with Crippen molar-refractivity contribution in [2.45, 2.75) is 57.5 Å². The van der Waals surface area contributed by atoms with Gasteiger partial charge in [-0.05, 0) is 68.6 Å². The molecular formula is C26H32ClN3O2. The van der Waals surface area contributed by atoms with Crippen LogP contribution in [0.25, 0.3) is 0 Å². The first-order valence-electron chi connectivity index (χ1n) is 11.8. The number of halogens is 1. The first-order valence-corrected chi connectivity index (χ1v) is 12.1. The van der Waals surface area contributed by atoms with Crippen molar-refractivity contribution in [1.29, 1.82) is 0 Å². The van der Waals surface area contributed by atoms with E-state index in [1.54, 1.807) is 6.07 Å². The molecule has 1 aliphatic heterocycles. The second kappa shape index (κ2) is 11.0. The summed E-state index contributed by atoms with van der Waals surface area (Å²) in [4.78, 5) is 28.2. The molecular weight excluding hydrogens is 422 g/mol. The Hall–Kier alpha value is -2.37. The molecule has 0 spiro atoms. The minimum absolute atomic E-state index is 0.00493. The number of anilines is 1. The summed E-state index contributed by atoms with van der Waals surface area (Å²) in [6, 6.07) is 15.5. The Labute approximate surface area is 195 Å². The molecule has 2 aromatic rings. The Bertz CT molecular complexity index is 934. The van der Waals surface area contributed by atoms with Crippen LogP contribution in [-0.4, -0.2) is 35.8 Å². The van der Waals surface area contributed by atoms with Crippen LogP contribution < -0.4 is 10.6 Å². The summed E-state index contributed by atoms with van der Waals surface area (Å²) in [6.07, 6.45) is 7.27. The van der Waals surface area contributed by atoms with Crippen molar-refractivity contribution in [2.75, 3.05) is 18.4 Å². The van der Waals surface area contributed by atoms with E-state index in [1.807, 2.05) is 36.4 Å². The molecule has 0 bridgehead atoms. The zero-order chi connectivity index (χ0) is 22.3. The molecule has 32 heavy (non-hydrogen) atoms. The van der Waals surface area contributed by atoms with Crippen molar-refractivity contribution < 1.29 is 9.59 Å². The first kappa shape index (κ1) is 22.8. The number of amides is 2. The molecule has 5 nitrogen and oxygen atoms in total. The molecule has 2 fully saturated rings. The van der Waals surface area contributed by atoms with Gasteiger partial charge in [0.15, 0.2) is 0 Å². The van der Waals surface area contributed by atoms with Crippen LogP contribution in [0.3, 0.4) is 0 Å². The van der Waals surface area contributed by atoms with Gasteiger partial charge in [-0.1, -0.05) is 55.1 Å². The SMILES string of the molecule is O=C(NC1CCCCC1)c1ccccc1NC(=O)C1CCN(Cc2cccc(Cl)c2)CC1. The second-order valence-electron chi connectivity index (χ2n) is 9.02. The molecule has 2 aliphatic rings. The van der Waals surface area contributed by atoms with Crippen molar-refractivity contribution >= 4 is 29.1 Å². The second-order valence-corrected chi connectivity index (χ2v) is 9.46. The van der Waals surface area contributed by atoms with Crippen LogP contribution >= 0.6 is 11.6 Å². The molecule has 1 saturated carbocycles. The van der Waals surface area contributed by atoms with Gasteiger partial charge in [-0.25, -0.2) is 0 Å². The summed E-state index contributed by atoms with van der Waals surface area (Å²) in [6.45, 7) is 2.59. The van der Waals surface area contributed by atoms with E-state index in [1.165, 1.54) is 24.8 Å². The normalized spacial score (nSPS) is 18.3. The number of para-hydroxylation sites is 1. The maximum Gasteiger partial charge on any atom is 0.253 e. The number of nitrogens with one attached hydrogen (secondary N) is 2. The highest BCUT2D eigenvalue weighted by atomic mass is 35.5. The van der Waals surface area contributed by atoms with Crippen LogP contribution in [0.1, 0.15) is 60.9 Å². The third kappa shape index (κ3) is 6.11. The number of hydrogen-bond acceptors (Lipinski definition) is 3. The predicted molar refractivity (Wildman–Crippen MR) is 129 cm³/mol. The number of rotatable bonds is 6. The van der Waals surface area contributed by atoms with Crippen LogP contribution in [0.2, 0.25) is 5.02 Å². The van der Waals surface area contributed by atoms with Gasteiger partial charge in [0, 0.05) is 23.5 Å². The Morgan fingerprint density at radius 2 is 1.69 bits per heavy atom. The number of carbonyl (C=O) groups is 2. The molecule has 2 N–H and O–H groups in total. The average Bonchev–Trinajstić information content (AvgIpc) is 2.80. The van der Waals surface area contributed by atoms with Gasteiger partial charge in [0.1, 0.15) is 0 Å². The monoisotopic (exact) mass is 453 g/mol. The van der Waals surface area contributed by atoms with E-state index in [0.29, 0.717) is 11.3 Å². The summed E-state index contributed by atoms with van der Waals surface area (Å²) in [5.41, 5.74) is 2.34. The highest BCUT2D eigenvalue weighted by molar-refractivity contribution is 6.30. The van der Waals surface area contributed by atoms with Crippen LogP contribution in [0.5, 0.6) is 0 Å². The van der Waals surface area contributed by atoms with Crippen LogP contribution in [-0.2, 0) is 11.3 Å². The summed E-state index contributed by atoms with van der Waals surface area (Å²) in [5, 5.41) is 6.94. The quantitative estimate of drug-likeness (QED) is 0.627. The zero-order valence-electron chi connectivity index (χ0n) is 18.5. The fourth-order valence-corrected chi connectivity index (χ4v) is 4.99. The van der Waals surface area contributed by atoms with E-state index >= 15 is 0 Å². The minimum atomic E-state index is -0.0934. The number of benzene rings is 2. The summed E-state index contributed by atoms with van der Waals surface area (Å²) >= 11 is 6.09. The van der Waals surface area contributed by atoms with Crippen molar-refractivity contribution in [3.8, 4) is 0 Å². The smallest absolute Gasteiger partial charge is 0.253 e. The highest BCUT2D eigenvalue weighted by Gasteiger charge is 2.26. The van der Waals surface area contributed by atoms with Gasteiger partial charge in [-0.3, -0.25) is 14.5 Å². The Morgan fingerprint density at radius 1 is 0.938 bits per heavy atom. The van der Waals surface area contributed by atoms with Crippen molar-refractivity contribution in [1.82, 2.24) is 10.2 Å². The zero-order valence-corrected chi connectivity index (χ0v) is 19.2. The molecule has 2 aromatic carbocycles. The molecule has 1 aliphatic carbocycles. The minimum Gasteiger partial charge on any atom is -0.349 e. The molecule has 1 saturated heterocycles. The number of piperidine rings is 1.